The lowest BCUT2D eigenvalue weighted by Crippen LogP contribution is -2.52. The molecule has 27 heavy (non-hydrogen) atoms. The first-order chi connectivity index (χ1) is 13.0. The Hall–Kier alpha value is -0.920. The van der Waals surface area contributed by atoms with Crippen LogP contribution in [0.25, 0.3) is 0 Å². The molecule has 0 amide bonds. The number of carbonyl (C=O) groups is 2. The van der Waals surface area contributed by atoms with Crippen molar-refractivity contribution in [3.8, 4) is 0 Å². The van der Waals surface area contributed by atoms with Gasteiger partial charge in [-0.05, 0) is 112 Å². The number of hydrogen-bond donors (Lipinski definition) is 0. The molecule has 0 unspecified atom stereocenters. The summed E-state index contributed by atoms with van der Waals surface area (Å²) in [4.78, 5) is 24.2. The predicted molar refractivity (Wildman–Crippen MR) is 107 cm³/mol. The van der Waals surface area contributed by atoms with Crippen LogP contribution in [-0.2, 0) is 9.59 Å². The molecule has 5 aliphatic rings. The molecule has 0 spiro atoms. The molecule has 0 radical (unpaired) electrons. The van der Waals surface area contributed by atoms with Crippen molar-refractivity contribution in [2.75, 3.05) is 0 Å². The Morgan fingerprint density at radius 3 is 2.37 bits per heavy atom. The van der Waals surface area contributed by atoms with E-state index < -0.39 is 0 Å². The van der Waals surface area contributed by atoms with Gasteiger partial charge >= 0.3 is 0 Å². The molecule has 0 N–H and O–H groups in total. The molecule has 5 rings (SSSR count). The molecular weight excluding hydrogens is 332 g/mol. The average molecular weight is 369 g/mol. The highest BCUT2D eigenvalue weighted by atomic mass is 16.1. The van der Waals surface area contributed by atoms with Crippen molar-refractivity contribution < 1.29 is 9.59 Å². The van der Waals surface area contributed by atoms with E-state index in [4.69, 9.17) is 0 Å². The Morgan fingerprint density at radius 1 is 0.926 bits per heavy atom. The molecule has 0 aromatic heterocycles. The SMILES string of the molecule is C=C(C)[C@@H]1CC[C@]2(C=O)CC[C@H]3[C@@H]4CC[C@H]5CC(=O)CC[C@@H]5[C@H]4CC[C@@H]3[C@H]12. The lowest BCUT2D eigenvalue weighted by Gasteiger charge is -2.58. The third kappa shape index (κ3) is 2.64. The maximum absolute atomic E-state index is 12.2. The van der Waals surface area contributed by atoms with E-state index >= 15 is 0 Å². The number of carbonyl (C=O) groups excluding carboxylic acids is 2. The van der Waals surface area contributed by atoms with Crippen molar-refractivity contribution in [3.63, 3.8) is 0 Å². The molecule has 148 valence electrons. The van der Waals surface area contributed by atoms with Gasteiger partial charge in [0.2, 0.25) is 0 Å². The molecule has 5 fully saturated rings. The molecular formula is C25H36O2. The fourth-order valence-corrected chi connectivity index (χ4v) is 9.05. The Kier molecular flexibility index (Phi) is 4.41. The maximum Gasteiger partial charge on any atom is 0.133 e. The molecule has 0 saturated heterocycles. The topological polar surface area (TPSA) is 34.1 Å². The van der Waals surface area contributed by atoms with Crippen LogP contribution in [0.3, 0.4) is 0 Å². The molecule has 5 saturated carbocycles. The van der Waals surface area contributed by atoms with Crippen molar-refractivity contribution in [1.29, 1.82) is 0 Å². The minimum Gasteiger partial charge on any atom is -0.303 e. The third-order valence-corrected chi connectivity index (χ3v) is 10.0. The zero-order valence-corrected chi connectivity index (χ0v) is 17.0. The highest BCUT2D eigenvalue weighted by molar-refractivity contribution is 5.79. The summed E-state index contributed by atoms with van der Waals surface area (Å²) in [5.41, 5.74) is 1.28. The van der Waals surface area contributed by atoms with E-state index in [-0.39, 0.29) is 5.41 Å². The van der Waals surface area contributed by atoms with Gasteiger partial charge in [-0.3, -0.25) is 4.79 Å². The summed E-state index contributed by atoms with van der Waals surface area (Å²) in [5, 5.41) is 0. The van der Waals surface area contributed by atoms with E-state index in [1.54, 1.807) is 0 Å². The highest BCUT2D eigenvalue weighted by Crippen LogP contribution is 2.65. The second-order valence-electron chi connectivity index (χ2n) is 10.9. The van der Waals surface area contributed by atoms with Gasteiger partial charge in [-0.2, -0.15) is 0 Å². The summed E-state index contributed by atoms with van der Waals surface area (Å²) in [6.07, 6.45) is 14.2. The summed E-state index contributed by atoms with van der Waals surface area (Å²) >= 11 is 0. The summed E-state index contributed by atoms with van der Waals surface area (Å²) in [6.45, 7) is 6.53. The molecule has 0 aliphatic heterocycles. The van der Waals surface area contributed by atoms with Crippen LogP contribution in [0.4, 0.5) is 0 Å². The fraction of sp³-hybridized carbons (Fsp3) is 0.840. The second-order valence-corrected chi connectivity index (χ2v) is 10.9. The zero-order chi connectivity index (χ0) is 18.8. The van der Waals surface area contributed by atoms with Gasteiger partial charge in [0.05, 0.1) is 0 Å². The van der Waals surface area contributed by atoms with E-state index in [2.05, 4.69) is 13.5 Å². The van der Waals surface area contributed by atoms with Crippen molar-refractivity contribution in [2.24, 2.45) is 52.8 Å². The van der Waals surface area contributed by atoms with Crippen molar-refractivity contribution in [1.82, 2.24) is 0 Å². The van der Waals surface area contributed by atoms with Gasteiger partial charge in [0.25, 0.3) is 0 Å². The van der Waals surface area contributed by atoms with Crippen LogP contribution in [0.2, 0.25) is 0 Å². The monoisotopic (exact) mass is 368 g/mol. The van der Waals surface area contributed by atoms with E-state index in [0.717, 1.165) is 61.7 Å². The van der Waals surface area contributed by atoms with Gasteiger partial charge in [-0.15, -0.1) is 0 Å². The van der Waals surface area contributed by atoms with Gasteiger partial charge in [0, 0.05) is 18.3 Å². The van der Waals surface area contributed by atoms with Gasteiger partial charge in [0.1, 0.15) is 12.1 Å². The lowest BCUT2D eigenvalue weighted by molar-refractivity contribution is -0.135. The van der Waals surface area contributed by atoms with Gasteiger partial charge in [0.15, 0.2) is 0 Å². The quantitative estimate of drug-likeness (QED) is 0.469. The minimum absolute atomic E-state index is 0.0356. The number of hydrogen-bond acceptors (Lipinski definition) is 2. The van der Waals surface area contributed by atoms with E-state index in [0.29, 0.717) is 23.5 Å². The Labute approximate surface area is 164 Å². The number of allylic oxidation sites excluding steroid dienone is 1. The number of Topliss-reactive ketones (excluding diaryl/α,β-unsaturated/α-hetero) is 1. The molecule has 2 nitrogen and oxygen atoms in total. The maximum atomic E-state index is 12.2. The van der Waals surface area contributed by atoms with Gasteiger partial charge in [-0.25, -0.2) is 0 Å². The normalized spacial score (nSPS) is 51.5. The summed E-state index contributed by atoms with van der Waals surface area (Å²) < 4.78 is 0. The summed E-state index contributed by atoms with van der Waals surface area (Å²) in [5.74, 6) is 6.49. The van der Waals surface area contributed by atoms with Gasteiger partial charge in [-0.1, -0.05) is 12.2 Å². The first-order valence-electron chi connectivity index (χ1n) is 11.7. The molecule has 2 heteroatoms. The lowest BCUT2D eigenvalue weighted by atomic mass is 9.46. The van der Waals surface area contributed by atoms with Crippen LogP contribution in [-0.4, -0.2) is 12.1 Å². The molecule has 5 aliphatic carbocycles. The Balaban J connectivity index is 1.42. The highest BCUT2D eigenvalue weighted by Gasteiger charge is 2.59. The molecule has 9 atom stereocenters. The molecule has 0 aromatic rings. The zero-order valence-electron chi connectivity index (χ0n) is 17.0. The molecule has 0 aromatic carbocycles. The van der Waals surface area contributed by atoms with Crippen LogP contribution in [0.1, 0.15) is 77.6 Å². The van der Waals surface area contributed by atoms with Crippen LogP contribution in [0, 0.1) is 52.8 Å². The summed E-state index contributed by atoms with van der Waals surface area (Å²) in [7, 11) is 0. The van der Waals surface area contributed by atoms with E-state index in [9.17, 15) is 9.59 Å². The Morgan fingerprint density at radius 2 is 1.59 bits per heavy atom. The van der Waals surface area contributed by atoms with Crippen LogP contribution in [0.15, 0.2) is 12.2 Å². The number of rotatable bonds is 2. The smallest absolute Gasteiger partial charge is 0.133 e. The van der Waals surface area contributed by atoms with Crippen LogP contribution in [0.5, 0.6) is 0 Å². The van der Waals surface area contributed by atoms with Crippen LogP contribution >= 0.6 is 0 Å². The average Bonchev–Trinajstić information content (AvgIpc) is 3.07. The standard InChI is InChI=1S/C25H36O2/c1-15(2)18-9-11-25(14-26)12-10-22-21-5-3-16-13-17(27)4-6-19(16)20(21)7-8-23(22)24(18)25/h14,16,18-24H,1,3-13H2,2H3/t16-,18-,19-,20+,21+,22-,23-,24-,25+/m0/s1. The first kappa shape index (κ1) is 18.1. The number of ketones is 1. The van der Waals surface area contributed by atoms with E-state index in [1.807, 2.05) is 0 Å². The van der Waals surface area contributed by atoms with E-state index in [1.165, 1.54) is 50.4 Å². The predicted octanol–water partition coefficient (Wildman–Crippen LogP) is 5.61. The number of fused-ring (bicyclic) bond motifs is 7. The molecule has 0 bridgehead atoms. The minimum atomic E-state index is -0.0356. The molecule has 0 heterocycles. The van der Waals surface area contributed by atoms with Crippen molar-refractivity contribution in [2.45, 2.75) is 77.6 Å². The second kappa shape index (κ2) is 6.56. The fourth-order valence-electron chi connectivity index (χ4n) is 9.05. The largest absolute Gasteiger partial charge is 0.303 e. The van der Waals surface area contributed by atoms with Crippen molar-refractivity contribution in [3.05, 3.63) is 12.2 Å². The van der Waals surface area contributed by atoms with Crippen molar-refractivity contribution >= 4 is 12.1 Å². The van der Waals surface area contributed by atoms with Gasteiger partial charge < -0.3 is 4.79 Å². The van der Waals surface area contributed by atoms with Crippen LogP contribution < -0.4 is 0 Å². The summed E-state index contributed by atoms with van der Waals surface area (Å²) in [6, 6.07) is 0. The first-order valence-corrected chi connectivity index (χ1v) is 11.7. The number of aldehydes is 1. The third-order valence-electron chi connectivity index (χ3n) is 10.0. The Bertz CT molecular complexity index is 651.